The molecule has 1 rings (SSSR count). The Balaban J connectivity index is 2.92. The summed E-state index contributed by atoms with van der Waals surface area (Å²) >= 11 is 0. The van der Waals surface area contributed by atoms with Crippen molar-refractivity contribution >= 4 is 12.4 Å². The summed E-state index contributed by atoms with van der Waals surface area (Å²) in [5, 5.41) is 0. The van der Waals surface area contributed by atoms with Crippen LogP contribution in [-0.2, 0) is 0 Å². The molecule has 80 valence electrons. The number of hydrogen-bond acceptors (Lipinski definition) is 3. The van der Waals surface area contributed by atoms with Gasteiger partial charge in [0.25, 0.3) is 0 Å². The highest BCUT2D eigenvalue weighted by molar-refractivity contribution is 5.82. The van der Waals surface area contributed by atoms with E-state index < -0.39 is 0 Å². The molecule has 1 aromatic carbocycles. The summed E-state index contributed by atoms with van der Waals surface area (Å²) < 4.78 is 5.03. The van der Waals surface area contributed by atoms with E-state index in [1.54, 1.807) is 13.2 Å². The molecule has 0 amide bonds. The van der Waals surface area contributed by atoms with E-state index in [0.717, 1.165) is 18.3 Å². The van der Waals surface area contributed by atoms with Crippen molar-refractivity contribution in [3.63, 3.8) is 0 Å². The molecule has 0 radical (unpaired) electrons. The van der Waals surface area contributed by atoms with Gasteiger partial charge in [0.2, 0.25) is 0 Å². The molecule has 0 saturated heterocycles. The fourth-order valence-electron chi connectivity index (χ4n) is 1.24. The van der Waals surface area contributed by atoms with Gasteiger partial charge in [-0.1, -0.05) is 18.2 Å². The number of carbonyl (C=O) groups excluding carboxylic acids is 1. The first-order valence-corrected chi connectivity index (χ1v) is 4.81. The van der Waals surface area contributed by atoms with Crippen molar-refractivity contribution in [3.8, 4) is 5.75 Å². The number of methoxy groups -OCH3 is 1. The number of benzene rings is 1. The predicted octanol–water partition coefficient (Wildman–Crippen LogP) is 1.87. The monoisotopic (exact) mass is 205 g/mol. The second-order valence-corrected chi connectivity index (χ2v) is 3.09. The van der Waals surface area contributed by atoms with E-state index in [4.69, 9.17) is 10.5 Å². The Bertz CT molecular complexity index is 359. The lowest BCUT2D eigenvalue weighted by atomic mass is 10.1. The Kier molecular flexibility index (Phi) is 4.57. The number of hydrogen-bond donors (Lipinski definition) is 1. The zero-order chi connectivity index (χ0) is 11.1. The molecule has 0 atom stereocenters. The smallest absolute Gasteiger partial charge is 0.150 e. The van der Waals surface area contributed by atoms with Crippen LogP contribution in [0.1, 0.15) is 22.3 Å². The molecule has 0 spiro atoms. The number of nitrogens with two attached hydrogens (primary N) is 1. The molecule has 15 heavy (non-hydrogen) atoms. The summed E-state index contributed by atoms with van der Waals surface area (Å²) in [7, 11) is 1.58. The van der Waals surface area contributed by atoms with Gasteiger partial charge in [-0.05, 0) is 30.7 Å². The minimum atomic E-state index is 0.614. The van der Waals surface area contributed by atoms with E-state index in [9.17, 15) is 4.79 Å². The standard InChI is InChI=1S/C12H15NO2/c1-15-12-6-5-10(4-2-3-7-13)11(8-12)9-14/h2,4-6,8-9H,3,7,13H2,1H3. The number of carbonyl (C=O) groups is 1. The summed E-state index contributed by atoms with van der Waals surface area (Å²) in [5.74, 6) is 0.688. The molecule has 2 N–H and O–H groups in total. The average molecular weight is 205 g/mol. The van der Waals surface area contributed by atoms with Crippen LogP contribution in [0.4, 0.5) is 0 Å². The molecule has 0 bridgehead atoms. The zero-order valence-corrected chi connectivity index (χ0v) is 8.77. The largest absolute Gasteiger partial charge is 0.497 e. The van der Waals surface area contributed by atoms with Crippen LogP contribution >= 0.6 is 0 Å². The van der Waals surface area contributed by atoms with Crippen molar-refractivity contribution < 1.29 is 9.53 Å². The van der Waals surface area contributed by atoms with Crippen LogP contribution in [0.5, 0.6) is 5.75 Å². The van der Waals surface area contributed by atoms with Crippen LogP contribution in [0.3, 0.4) is 0 Å². The minimum Gasteiger partial charge on any atom is -0.497 e. The van der Waals surface area contributed by atoms with E-state index in [1.807, 2.05) is 24.3 Å². The molecular weight excluding hydrogens is 190 g/mol. The van der Waals surface area contributed by atoms with Crippen molar-refractivity contribution in [2.45, 2.75) is 6.42 Å². The molecule has 0 fully saturated rings. The summed E-state index contributed by atoms with van der Waals surface area (Å²) in [6, 6.07) is 5.40. The summed E-state index contributed by atoms with van der Waals surface area (Å²) in [6.45, 7) is 0.614. The van der Waals surface area contributed by atoms with Crippen LogP contribution < -0.4 is 10.5 Å². The highest BCUT2D eigenvalue weighted by Gasteiger charge is 2.00. The molecule has 0 heterocycles. The van der Waals surface area contributed by atoms with Crippen molar-refractivity contribution in [1.29, 1.82) is 0 Å². The first-order chi connectivity index (χ1) is 7.31. The van der Waals surface area contributed by atoms with Crippen molar-refractivity contribution in [1.82, 2.24) is 0 Å². The van der Waals surface area contributed by atoms with Crippen LogP contribution in [0.25, 0.3) is 6.08 Å². The Hall–Kier alpha value is -1.61. The predicted molar refractivity (Wildman–Crippen MR) is 61.1 cm³/mol. The van der Waals surface area contributed by atoms with E-state index in [2.05, 4.69) is 0 Å². The minimum absolute atomic E-state index is 0.614. The van der Waals surface area contributed by atoms with Crippen LogP contribution in [0.15, 0.2) is 24.3 Å². The van der Waals surface area contributed by atoms with Crippen molar-refractivity contribution in [2.24, 2.45) is 5.73 Å². The second-order valence-electron chi connectivity index (χ2n) is 3.09. The van der Waals surface area contributed by atoms with Gasteiger partial charge in [-0.3, -0.25) is 4.79 Å². The van der Waals surface area contributed by atoms with Gasteiger partial charge in [0.1, 0.15) is 5.75 Å². The van der Waals surface area contributed by atoms with Crippen molar-refractivity contribution in [3.05, 3.63) is 35.4 Å². The molecule has 0 aliphatic heterocycles. The SMILES string of the molecule is COc1ccc(C=CCCN)c(C=O)c1. The highest BCUT2D eigenvalue weighted by atomic mass is 16.5. The fraction of sp³-hybridized carbons (Fsp3) is 0.250. The third-order valence-electron chi connectivity index (χ3n) is 2.05. The molecule has 0 unspecified atom stereocenters. The van der Waals surface area contributed by atoms with Gasteiger partial charge in [0, 0.05) is 5.56 Å². The van der Waals surface area contributed by atoms with Gasteiger partial charge in [-0.15, -0.1) is 0 Å². The van der Waals surface area contributed by atoms with Gasteiger partial charge >= 0.3 is 0 Å². The molecule has 0 aliphatic carbocycles. The quantitative estimate of drug-likeness (QED) is 0.746. The topological polar surface area (TPSA) is 52.3 Å². The van der Waals surface area contributed by atoms with Crippen molar-refractivity contribution in [2.75, 3.05) is 13.7 Å². The lowest BCUT2D eigenvalue weighted by Crippen LogP contribution is -1.95. The Labute approximate surface area is 89.5 Å². The summed E-state index contributed by atoms with van der Waals surface area (Å²) in [6.07, 6.45) is 5.49. The highest BCUT2D eigenvalue weighted by Crippen LogP contribution is 2.17. The normalized spacial score (nSPS) is 10.5. The van der Waals surface area contributed by atoms with Gasteiger partial charge in [-0.25, -0.2) is 0 Å². The summed E-state index contributed by atoms with van der Waals surface area (Å²) in [4.78, 5) is 10.8. The Morgan fingerprint density at radius 2 is 2.20 bits per heavy atom. The first-order valence-electron chi connectivity index (χ1n) is 4.81. The van der Waals surface area contributed by atoms with Crippen LogP contribution in [-0.4, -0.2) is 19.9 Å². The fourth-order valence-corrected chi connectivity index (χ4v) is 1.24. The molecule has 3 nitrogen and oxygen atoms in total. The molecule has 0 saturated carbocycles. The molecule has 0 aliphatic rings. The number of ether oxygens (including phenoxy) is 1. The molecular formula is C12H15NO2. The maximum atomic E-state index is 10.8. The van der Waals surface area contributed by atoms with E-state index in [0.29, 0.717) is 17.9 Å². The lowest BCUT2D eigenvalue weighted by molar-refractivity contribution is 0.112. The van der Waals surface area contributed by atoms with Gasteiger partial charge in [0.05, 0.1) is 7.11 Å². The van der Waals surface area contributed by atoms with E-state index >= 15 is 0 Å². The number of aldehydes is 1. The third-order valence-corrected chi connectivity index (χ3v) is 2.05. The molecule has 0 aromatic heterocycles. The maximum Gasteiger partial charge on any atom is 0.150 e. The van der Waals surface area contributed by atoms with Gasteiger partial charge < -0.3 is 10.5 Å². The average Bonchev–Trinajstić information content (AvgIpc) is 2.29. The number of rotatable bonds is 5. The Morgan fingerprint density at radius 1 is 1.40 bits per heavy atom. The van der Waals surface area contributed by atoms with Crippen LogP contribution in [0.2, 0.25) is 0 Å². The van der Waals surface area contributed by atoms with E-state index in [-0.39, 0.29) is 0 Å². The first kappa shape index (κ1) is 11.5. The zero-order valence-electron chi connectivity index (χ0n) is 8.77. The summed E-state index contributed by atoms with van der Waals surface area (Å²) in [5.41, 5.74) is 6.88. The molecule has 3 heteroatoms. The third kappa shape index (κ3) is 3.22. The van der Waals surface area contributed by atoms with Gasteiger partial charge in [0.15, 0.2) is 6.29 Å². The second kappa shape index (κ2) is 5.98. The van der Waals surface area contributed by atoms with E-state index in [1.165, 1.54) is 0 Å². The van der Waals surface area contributed by atoms with Crippen LogP contribution in [0, 0.1) is 0 Å². The maximum absolute atomic E-state index is 10.8. The van der Waals surface area contributed by atoms with Gasteiger partial charge in [-0.2, -0.15) is 0 Å². The lowest BCUT2D eigenvalue weighted by Gasteiger charge is -2.03. The Morgan fingerprint density at radius 3 is 2.80 bits per heavy atom. The molecule has 1 aromatic rings.